The Kier molecular flexibility index (Phi) is 2.15. The smallest absolute Gasteiger partial charge is 0.404 e. The average Bonchev–Trinajstić information content (AvgIpc) is 2.31. The van der Waals surface area contributed by atoms with Gasteiger partial charge in [-0.15, -0.1) is 0 Å². The first-order valence-corrected chi connectivity index (χ1v) is 4.90. The Balaban J connectivity index is 2.01. The van der Waals surface area contributed by atoms with Crippen LogP contribution in [-0.4, -0.2) is 41.3 Å². The highest BCUT2D eigenvalue weighted by molar-refractivity contribution is 5.65. The van der Waals surface area contributed by atoms with Crippen LogP contribution in [0.4, 0.5) is 4.79 Å². The predicted octanol–water partition coefficient (Wildman–Crippen LogP) is 0.879. The molecule has 0 aromatic rings. The second-order valence-electron chi connectivity index (χ2n) is 4.10. The van der Waals surface area contributed by atoms with Crippen molar-refractivity contribution in [2.45, 2.75) is 43.8 Å². The molecule has 0 radical (unpaired) electrons. The van der Waals surface area contributed by atoms with Crippen LogP contribution in [0.5, 0.6) is 0 Å². The Morgan fingerprint density at radius 3 is 2.77 bits per heavy atom. The molecule has 0 aliphatic carbocycles. The highest BCUT2D eigenvalue weighted by Gasteiger charge is 2.40. The van der Waals surface area contributed by atoms with E-state index in [1.165, 1.54) is 6.42 Å². The van der Waals surface area contributed by atoms with E-state index in [9.17, 15) is 4.79 Å². The Hall–Kier alpha value is -0.770. The lowest BCUT2D eigenvalue weighted by Crippen LogP contribution is -2.52. The second-order valence-corrected chi connectivity index (χ2v) is 4.10. The molecule has 3 unspecified atom stereocenters. The highest BCUT2D eigenvalue weighted by atomic mass is 16.4. The van der Waals surface area contributed by atoms with Gasteiger partial charge in [-0.25, -0.2) is 4.79 Å². The van der Waals surface area contributed by atoms with Gasteiger partial charge < -0.3 is 10.4 Å². The van der Waals surface area contributed by atoms with E-state index in [4.69, 9.17) is 5.11 Å². The summed E-state index contributed by atoms with van der Waals surface area (Å²) in [6.45, 7) is 0. The van der Waals surface area contributed by atoms with Crippen molar-refractivity contribution in [3.8, 4) is 0 Å². The van der Waals surface area contributed by atoms with Gasteiger partial charge in [-0.2, -0.15) is 0 Å². The van der Waals surface area contributed by atoms with Gasteiger partial charge in [-0.1, -0.05) is 0 Å². The van der Waals surface area contributed by atoms with Crippen LogP contribution >= 0.6 is 0 Å². The summed E-state index contributed by atoms with van der Waals surface area (Å²) in [6, 6.07) is 1.30. The molecule has 0 spiro atoms. The van der Waals surface area contributed by atoms with Gasteiger partial charge in [-0.3, -0.25) is 4.90 Å². The largest absolute Gasteiger partial charge is 0.465 e. The molecule has 0 aromatic carbocycles. The van der Waals surface area contributed by atoms with Crippen LogP contribution in [0.3, 0.4) is 0 Å². The zero-order chi connectivity index (χ0) is 9.42. The summed E-state index contributed by atoms with van der Waals surface area (Å²) in [4.78, 5) is 12.9. The maximum atomic E-state index is 10.5. The number of rotatable bonds is 1. The molecule has 2 saturated heterocycles. The van der Waals surface area contributed by atoms with Gasteiger partial charge in [0.05, 0.1) is 0 Å². The van der Waals surface area contributed by atoms with Crippen molar-refractivity contribution >= 4 is 6.09 Å². The fourth-order valence-electron chi connectivity index (χ4n) is 2.77. The maximum Gasteiger partial charge on any atom is 0.404 e. The van der Waals surface area contributed by atoms with Gasteiger partial charge in [-0.05, 0) is 32.7 Å². The van der Waals surface area contributed by atoms with Crippen LogP contribution in [0.1, 0.15) is 25.7 Å². The van der Waals surface area contributed by atoms with Crippen LogP contribution in [0.25, 0.3) is 0 Å². The summed E-state index contributed by atoms with van der Waals surface area (Å²) >= 11 is 0. The molecule has 3 atom stereocenters. The molecule has 0 saturated carbocycles. The summed E-state index contributed by atoms with van der Waals surface area (Å²) < 4.78 is 0. The molecule has 2 aliphatic heterocycles. The number of hydrogen-bond acceptors (Lipinski definition) is 2. The summed E-state index contributed by atoms with van der Waals surface area (Å²) in [7, 11) is 2.11. The van der Waals surface area contributed by atoms with Gasteiger partial charge >= 0.3 is 6.09 Å². The van der Waals surface area contributed by atoms with E-state index in [0.29, 0.717) is 12.1 Å². The number of hydrogen-bond donors (Lipinski definition) is 2. The fraction of sp³-hybridized carbons (Fsp3) is 0.889. The third kappa shape index (κ3) is 1.50. The molecular weight excluding hydrogens is 168 g/mol. The van der Waals surface area contributed by atoms with E-state index in [-0.39, 0.29) is 6.04 Å². The first-order valence-electron chi connectivity index (χ1n) is 4.90. The molecular formula is C9H16N2O2. The van der Waals surface area contributed by atoms with Crippen molar-refractivity contribution in [2.75, 3.05) is 7.05 Å². The van der Waals surface area contributed by atoms with E-state index in [1.54, 1.807) is 0 Å². The zero-order valence-corrected chi connectivity index (χ0v) is 7.86. The van der Waals surface area contributed by atoms with Crippen LogP contribution in [0.15, 0.2) is 0 Å². The average molecular weight is 184 g/mol. The van der Waals surface area contributed by atoms with Gasteiger partial charge in [0.15, 0.2) is 0 Å². The van der Waals surface area contributed by atoms with Gasteiger partial charge in [0.2, 0.25) is 0 Å². The molecule has 2 aliphatic rings. The number of amides is 1. The zero-order valence-electron chi connectivity index (χ0n) is 7.86. The monoisotopic (exact) mass is 184 g/mol. The summed E-state index contributed by atoms with van der Waals surface area (Å²) in [6.07, 6.45) is 3.64. The van der Waals surface area contributed by atoms with Gasteiger partial charge in [0, 0.05) is 18.1 Å². The predicted molar refractivity (Wildman–Crippen MR) is 48.8 cm³/mol. The molecule has 2 rings (SSSR count). The first kappa shape index (κ1) is 8.81. The third-order valence-electron chi connectivity index (χ3n) is 3.48. The number of likely N-dealkylation sites (N-methyl/N-ethyl adjacent to an activating group) is 1. The van der Waals surface area contributed by atoms with Crippen LogP contribution < -0.4 is 5.32 Å². The van der Waals surface area contributed by atoms with Gasteiger partial charge in [0.1, 0.15) is 0 Å². The van der Waals surface area contributed by atoms with E-state index in [1.807, 2.05) is 0 Å². The van der Waals surface area contributed by atoms with Crippen LogP contribution in [-0.2, 0) is 0 Å². The molecule has 2 heterocycles. The van der Waals surface area contributed by atoms with Crippen LogP contribution in [0.2, 0.25) is 0 Å². The van der Waals surface area contributed by atoms with Crippen molar-refractivity contribution in [3.63, 3.8) is 0 Å². The molecule has 74 valence electrons. The van der Waals surface area contributed by atoms with Crippen LogP contribution in [0, 0.1) is 0 Å². The Morgan fingerprint density at radius 2 is 2.08 bits per heavy atom. The molecule has 0 aromatic heterocycles. The normalized spacial score (nSPS) is 39.0. The number of carboxylic acid groups (broad SMARTS) is 1. The molecule has 4 nitrogen and oxygen atoms in total. The van der Waals surface area contributed by atoms with Crippen molar-refractivity contribution in [1.82, 2.24) is 10.2 Å². The highest BCUT2D eigenvalue weighted by Crippen LogP contribution is 2.34. The lowest BCUT2D eigenvalue weighted by molar-refractivity contribution is 0.130. The topological polar surface area (TPSA) is 52.6 Å². The van der Waals surface area contributed by atoms with Crippen molar-refractivity contribution in [1.29, 1.82) is 0 Å². The number of carbonyl (C=O) groups is 1. The SMILES string of the molecule is CN1C2CCC(NC(=O)O)C1CC2. The molecule has 2 fully saturated rings. The lowest BCUT2D eigenvalue weighted by atomic mass is 9.98. The first-order chi connectivity index (χ1) is 6.18. The maximum absolute atomic E-state index is 10.5. The number of piperidine rings is 1. The van der Waals surface area contributed by atoms with E-state index >= 15 is 0 Å². The Morgan fingerprint density at radius 1 is 1.38 bits per heavy atom. The van der Waals surface area contributed by atoms with Gasteiger partial charge in [0.25, 0.3) is 0 Å². The Bertz CT molecular complexity index is 220. The van der Waals surface area contributed by atoms with E-state index in [0.717, 1.165) is 19.3 Å². The minimum atomic E-state index is -0.885. The van der Waals surface area contributed by atoms with Crippen molar-refractivity contribution < 1.29 is 9.90 Å². The summed E-state index contributed by atoms with van der Waals surface area (Å²) in [5, 5.41) is 11.3. The summed E-state index contributed by atoms with van der Waals surface area (Å²) in [5.41, 5.74) is 0. The lowest BCUT2D eigenvalue weighted by Gasteiger charge is -2.37. The van der Waals surface area contributed by atoms with Crippen molar-refractivity contribution in [2.24, 2.45) is 0 Å². The fourth-order valence-corrected chi connectivity index (χ4v) is 2.77. The third-order valence-corrected chi connectivity index (χ3v) is 3.48. The minimum Gasteiger partial charge on any atom is -0.465 e. The van der Waals surface area contributed by atoms with E-state index < -0.39 is 6.09 Å². The number of fused-ring (bicyclic) bond motifs is 2. The van der Waals surface area contributed by atoms with Crippen molar-refractivity contribution in [3.05, 3.63) is 0 Å². The number of nitrogens with zero attached hydrogens (tertiary/aromatic N) is 1. The quantitative estimate of drug-likeness (QED) is 0.636. The molecule has 4 heteroatoms. The molecule has 2 bridgehead atoms. The minimum absolute atomic E-state index is 0.154. The second kappa shape index (κ2) is 3.18. The molecule has 2 N–H and O–H groups in total. The standard InChI is InChI=1S/C9H16N2O2/c1-11-6-2-4-7(10-9(12)13)8(11)5-3-6/h6-8,10H,2-5H2,1H3,(H,12,13). The number of nitrogens with one attached hydrogen (secondary N) is 1. The van der Waals surface area contributed by atoms with E-state index in [2.05, 4.69) is 17.3 Å². The summed E-state index contributed by atoms with van der Waals surface area (Å²) in [5.74, 6) is 0. The molecule has 13 heavy (non-hydrogen) atoms. The Labute approximate surface area is 77.9 Å². The molecule has 1 amide bonds.